The zero-order chi connectivity index (χ0) is 40.8. The first kappa shape index (κ1) is 44.3. The largest absolute Gasteiger partial charge is 0.480 e. The van der Waals surface area contributed by atoms with Crippen molar-refractivity contribution in [3.63, 3.8) is 0 Å². The molecular formula is C41H58N4O10. The predicted molar refractivity (Wildman–Crippen MR) is 206 cm³/mol. The Balaban J connectivity index is 1.53. The van der Waals surface area contributed by atoms with Gasteiger partial charge in [-0.05, 0) is 95.9 Å². The number of fused-ring (bicyclic) bond motifs is 3. The highest BCUT2D eigenvalue weighted by Crippen LogP contribution is 2.44. The van der Waals surface area contributed by atoms with Gasteiger partial charge in [0.05, 0.1) is 0 Å². The van der Waals surface area contributed by atoms with E-state index in [-0.39, 0.29) is 50.7 Å². The van der Waals surface area contributed by atoms with Gasteiger partial charge < -0.3 is 40.6 Å². The Morgan fingerprint density at radius 1 is 0.691 bits per heavy atom. The van der Waals surface area contributed by atoms with Crippen molar-refractivity contribution >= 4 is 35.9 Å². The maximum absolute atomic E-state index is 13.1. The number of carbonyl (C=O) groups excluding carboxylic acids is 5. The van der Waals surface area contributed by atoms with Gasteiger partial charge in [-0.15, -0.1) is 0 Å². The Hall–Kier alpha value is -5.14. The summed E-state index contributed by atoms with van der Waals surface area (Å²) >= 11 is 0. The van der Waals surface area contributed by atoms with E-state index in [0.717, 1.165) is 28.7 Å². The third-order valence-electron chi connectivity index (χ3n) is 8.70. The van der Waals surface area contributed by atoms with Crippen molar-refractivity contribution in [2.24, 2.45) is 0 Å². The van der Waals surface area contributed by atoms with Crippen molar-refractivity contribution in [3.05, 3.63) is 59.7 Å². The molecule has 0 bridgehead atoms. The van der Waals surface area contributed by atoms with Gasteiger partial charge in [-0.2, -0.15) is 0 Å². The summed E-state index contributed by atoms with van der Waals surface area (Å²) in [5.41, 5.74) is 2.61. The molecule has 2 aromatic rings. The monoisotopic (exact) mass is 766 g/mol. The van der Waals surface area contributed by atoms with E-state index in [0.29, 0.717) is 19.3 Å². The van der Waals surface area contributed by atoms with Crippen molar-refractivity contribution in [2.75, 3.05) is 13.2 Å². The lowest BCUT2D eigenvalue weighted by Gasteiger charge is -2.25. The molecule has 3 atom stereocenters. The second kappa shape index (κ2) is 20.5. The summed E-state index contributed by atoms with van der Waals surface area (Å²) < 4.78 is 16.5. The highest BCUT2D eigenvalue weighted by atomic mass is 16.6. The number of esters is 1. The maximum atomic E-state index is 13.1. The van der Waals surface area contributed by atoms with Gasteiger partial charge in [-0.3, -0.25) is 9.59 Å². The first-order chi connectivity index (χ1) is 25.9. The average molecular weight is 767 g/mol. The Kier molecular flexibility index (Phi) is 16.5. The Bertz CT molecular complexity index is 1600. The van der Waals surface area contributed by atoms with Crippen LogP contribution in [0.1, 0.15) is 117 Å². The van der Waals surface area contributed by atoms with E-state index in [1.54, 1.807) is 41.5 Å². The molecule has 55 heavy (non-hydrogen) atoms. The van der Waals surface area contributed by atoms with Crippen molar-refractivity contribution in [2.45, 2.75) is 135 Å². The molecule has 0 heterocycles. The summed E-state index contributed by atoms with van der Waals surface area (Å²) in [6.45, 7) is 12.4. The molecule has 0 spiro atoms. The fourth-order valence-electron chi connectivity index (χ4n) is 6.13. The van der Waals surface area contributed by atoms with Gasteiger partial charge in [-0.1, -0.05) is 68.3 Å². The van der Waals surface area contributed by atoms with Crippen LogP contribution in [0.3, 0.4) is 0 Å². The fraction of sp³-hybridized carbons (Fsp3) is 0.561. The maximum Gasteiger partial charge on any atom is 0.408 e. The molecule has 14 heteroatoms. The van der Waals surface area contributed by atoms with Crippen LogP contribution in [-0.2, 0) is 33.4 Å². The molecule has 0 aromatic heterocycles. The highest BCUT2D eigenvalue weighted by Gasteiger charge is 2.32. The van der Waals surface area contributed by atoms with Crippen molar-refractivity contribution < 1.29 is 48.1 Å². The number of aliphatic carboxylic acids is 1. The first-order valence-electron chi connectivity index (χ1n) is 19.0. The Morgan fingerprint density at radius 2 is 1.25 bits per heavy atom. The second-order valence-electron chi connectivity index (χ2n) is 15.7. The number of carboxylic acids is 1. The average Bonchev–Trinajstić information content (AvgIpc) is 3.41. The van der Waals surface area contributed by atoms with Crippen LogP contribution in [-0.4, -0.2) is 83.5 Å². The van der Waals surface area contributed by atoms with E-state index in [4.69, 9.17) is 14.2 Å². The summed E-state index contributed by atoms with van der Waals surface area (Å²) in [6, 6.07) is 12.6. The summed E-state index contributed by atoms with van der Waals surface area (Å²) in [6.07, 6.45) is 0.812. The highest BCUT2D eigenvalue weighted by molar-refractivity contribution is 5.89. The van der Waals surface area contributed by atoms with Gasteiger partial charge in [0.15, 0.2) is 0 Å². The molecule has 1 unspecified atom stereocenters. The zero-order valence-electron chi connectivity index (χ0n) is 33.1. The first-order valence-corrected chi connectivity index (χ1v) is 19.0. The summed E-state index contributed by atoms with van der Waals surface area (Å²) in [7, 11) is 0. The third-order valence-corrected chi connectivity index (χ3v) is 8.70. The van der Waals surface area contributed by atoms with Gasteiger partial charge in [0, 0.05) is 18.9 Å². The Labute approximate surface area is 323 Å². The molecule has 3 rings (SSSR count). The van der Waals surface area contributed by atoms with Gasteiger partial charge >= 0.3 is 24.1 Å². The van der Waals surface area contributed by atoms with Crippen LogP contribution in [0.25, 0.3) is 11.1 Å². The minimum atomic E-state index is -1.16. The minimum Gasteiger partial charge on any atom is -0.480 e. The zero-order valence-corrected chi connectivity index (χ0v) is 33.1. The van der Waals surface area contributed by atoms with Crippen LogP contribution in [0.5, 0.6) is 0 Å². The molecule has 1 aliphatic carbocycles. The quantitative estimate of drug-likeness (QED) is 0.0647. The molecule has 4 amide bonds. The number of ether oxygens (including phenoxy) is 3. The molecular weight excluding hydrogens is 708 g/mol. The van der Waals surface area contributed by atoms with E-state index < -0.39 is 59.4 Å². The number of hydrogen-bond acceptors (Lipinski definition) is 9. The molecule has 0 saturated heterocycles. The summed E-state index contributed by atoms with van der Waals surface area (Å²) in [5.74, 6) is -3.05. The number of hydrogen-bond donors (Lipinski definition) is 5. The lowest BCUT2D eigenvalue weighted by atomic mass is 9.98. The normalized spacial score (nSPS) is 13.9. The lowest BCUT2D eigenvalue weighted by molar-refractivity contribution is -0.157. The second-order valence-corrected chi connectivity index (χ2v) is 15.7. The van der Waals surface area contributed by atoms with Crippen molar-refractivity contribution in [1.82, 2.24) is 21.3 Å². The number of alkyl carbamates (subject to hydrolysis) is 2. The van der Waals surface area contributed by atoms with E-state index in [9.17, 15) is 33.9 Å². The van der Waals surface area contributed by atoms with Crippen molar-refractivity contribution in [1.29, 1.82) is 0 Å². The van der Waals surface area contributed by atoms with Gasteiger partial charge in [0.25, 0.3) is 0 Å². The summed E-state index contributed by atoms with van der Waals surface area (Å²) in [5, 5.41) is 20.0. The smallest absolute Gasteiger partial charge is 0.408 e. The molecule has 302 valence electrons. The molecule has 0 radical (unpaired) electrons. The van der Waals surface area contributed by atoms with E-state index in [1.165, 1.54) is 0 Å². The third kappa shape index (κ3) is 14.9. The molecule has 0 saturated carbocycles. The minimum absolute atomic E-state index is 0.0459. The van der Waals surface area contributed by atoms with E-state index in [2.05, 4.69) is 21.3 Å². The summed E-state index contributed by atoms with van der Waals surface area (Å²) in [4.78, 5) is 76.2. The predicted octanol–water partition coefficient (Wildman–Crippen LogP) is 5.96. The topological polar surface area (TPSA) is 198 Å². The lowest BCUT2D eigenvalue weighted by Crippen LogP contribution is -2.52. The van der Waals surface area contributed by atoms with Crippen LogP contribution in [0.2, 0.25) is 0 Å². The van der Waals surface area contributed by atoms with E-state index >= 15 is 0 Å². The molecule has 0 fully saturated rings. The molecule has 2 aromatic carbocycles. The van der Waals surface area contributed by atoms with Crippen LogP contribution >= 0.6 is 0 Å². The van der Waals surface area contributed by atoms with E-state index in [1.807, 2.05) is 55.5 Å². The molecule has 0 aliphatic heterocycles. The van der Waals surface area contributed by atoms with Crippen LogP contribution in [0, 0.1) is 0 Å². The number of rotatable bonds is 19. The van der Waals surface area contributed by atoms with Crippen LogP contribution in [0.4, 0.5) is 9.59 Å². The standard InChI is InChI=1S/C41H58N4O10/c1-8-9-20-32(36(48)49)43-35(47)31(44-39(52)55-41(5,6)7)21-14-15-24-42-34(46)23-22-33(37(50)54-40(2,3)4)45-38(51)53-25-30-28-18-12-10-16-26(28)27-17-11-13-19-29(27)30/h10-13,16-19,30-33H,8-9,14-15,20-25H2,1-7H3,(H,42,46)(H,43,47)(H,44,52)(H,45,51)(H,48,49)/t31-,32?,33-/m0/s1. The fourth-order valence-corrected chi connectivity index (χ4v) is 6.13. The van der Waals surface area contributed by atoms with Crippen LogP contribution < -0.4 is 21.3 Å². The Morgan fingerprint density at radius 3 is 1.82 bits per heavy atom. The number of nitrogens with one attached hydrogen (secondary N) is 4. The number of unbranched alkanes of at least 4 members (excludes halogenated alkanes) is 2. The molecule has 14 nitrogen and oxygen atoms in total. The van der Waals surface area contributed by atoms with Crippen LogP contribution in [0.15, 0.2) is 48.5 Å². The molecule has 5 N–H and O–H groups in total. The van der Waals surface area contributed by atoms with Gasteiger partial charge in [0.1, 0.15) is 35.9 Å². The van der Waals surface area contributed by atoms with Crippen molar-refractivity contribution in [3.8, 4) is 11.1 Å². The number of carboxylic acid groups (broad SMARTS) is 1. The number of carbonyl (C=O) groups is 6. The van der Waals surface area contributed by atoms with Gasteiger partial charge in [0.2, 0.25) is 11.8 Å². The SMILES string of the molecule is CCCCC(NC(=O)[C@H](CCCCNC(=O)CC[C@H](NC(=O)OCC1c2ccccc2-c2ccccc21)C(=O)OC(C)(C)C)NC(=O)OC(C)(C)C)C(=O)O. The molecule has 1 aliphatic rings. The van der Waals surface area contributed by atoms with Gasteiger partial charge in [-0.25, -0.2) is 19.2 Å². The number of benzene rings is 2. The number of amides is 4.